The minimum absolute atomic E-state index is 0.000478. The summed E-state index contributed by atoms with van der Waals surface area (Å²) in [5, 5.41) is 3.50. The number of aromatic nitrogens is 2. The zero-order valence-corrected chi connectivity index (χ0v) is 18.5. The van der Waals surface area contributed by atoms with Gasteiger partial charge in [0.15, 0.2) is 5.16 Å². The second kappa shape index (κ2) is 10.6. The van der Waals surface area contributed by atoms with Crippen LogP contribution in [0.15, 0.2) is 89.0 Å². The van der Waals surface area contributed by atoms with Gasteiger partial charge in [0.2, 0.25) is 5.91 Å². The maximum atomic E-state index is 13.3. The summed E-state index contributed by atoms with van der Waals surface area (Å²) in [5.41, 5.74) is 1.23. The summed E-state index contributed by atoms with van der Waals surface area (Å²) in [4.78, 5) is 30.3. The molecule has 3 rings (SSSR count). The lowest BCUT2D eigenvalue weighted by Crippen LogP contribution is -2.23. The van der Waals surface area contributed by atoms with Gasteiger partial charge in [-0.1, -0.05) is 30.5 Å². The van der Waals surface area contributed by atoms with Crippen molar-refractivity contribution >= 4 is 40.0 Å². The van der Waals surface area contributed by atoms with Gasteiger partial charge in [0, 0.05) is 5.69 Å². The van der Waals surface area contributed by atoms with Crippen molar-refractivity contribution in [1.82, 2.24) is 9.55 Å². The van der Waals surface area contributed by atoms with E-state index < -0.39 is 0 Å². The number of nitrogens with one attached hydrogen (secondary N) is 1. The number of fused-ring (bicyclic) bond motifs is 1. The van der Waals surface area contributed by atoms with Crippen molar-refractivity contribution in [3.8, 4) is 0 Å². The monoisotopic (exact) mass is 451 g/mol. The van der Waals surface area contributed by atoms with Gasteiger partial charge in [0.1, 0.15) is 5.82 Å². The van der Waals surface area contributed by atoms with Crippen molar-refractivity contribution in [1.29, 1.82) is 0 Å². The first-order valence-corrected chi connectivity index (χ1v) is 10.7. The average molecular weight is 452 g/mol. The summed E-state index contributed by atoms with van der Waals surface area (Å²) >= 11 is 1.12. The van der Waals surface area contributed by atoms with E-state index in [-0.39, 0.29) is 23.0 Å². The van der Waals surface area contributed by atoms with Crippen LogP contribution in [0.2, 0.25) is 0 Å². The van der Waals surface area contributed by atoms with Crippen molar-refractivity contribution in [3.05, 3.63) is 95.3 Å². The quantitative estimate of drug-likeness (QED) is 0.230. The number of anilines is 1. The van der Waals surface area contributed by atoms with E-state index >= 15 is 0 Å². The number of carbonyl (C=O) groups is 1. The molecule has 3 aromatic rings. The van der Waals surface area contributed by atoms with Gasteiger partial charge in [0.25, 0.3) is 5.56 Å². The average Bonchev–Trinajstić information content (AvgIpc) is 2.80. The Morgan fingerprint density at radius 3 is 2.62 bits per heavy atom. The second-order valence-electron chi connectivity index (χ2n) is 6.67. The van der Waals surface area contributed by atoms with E-state index in [1.807, 2.05) is 0 Å². The summed E-state index contributed by atoms with van der Waals surface area (Å²) < 4.78 is 19.6. The van der Waals surface area contributed by atoms with Gasteiger partial charge in [-0.2, -0.15) is 0 Å². The molecule has 0 unspecified atom stereocenters. The largest absolute Gasteiger partial charge is 0.501 e. The molecule has 1 aromatic heterocycles. The molecule has 0 aliphatic carbocycles. The highest BCUT2D eigenvalue weighted by Crippen LogP contribution is 2.22. The predicted molar refractivity (Wildman–Crippen MR) is 127 cm³/mol. The van der Waals surface area contributed by atoms with E-state index in [0.717, 1.165) is 11.8 Å². The summed E-state index contributed by atoms with van der Waals surface area (Å²) in [7, 11) is 1.55. The lowest BCUT2D eigenvalue weighted by molar-refractivity contribution is -0.113. The van der Waals surface area contributed by atoms with Crippen molar-refractivity contribution in [3.63, 3.8) is 0 Å². The Labute approximate surface area is 189 Å². The van der Waals surface area contributed by atoms with Gasteiger partial charge in [-0.25, -0.2) is 9.37 Å². The highest BCUT2D eigenvalue weighted by molar-refractivity contribution is 7.99. The number of methoxy groups -OCH3 is 1. The first-order chi connectivity index (χ1) is 15.4. The number of hydrogen-bond acceptors (Lipinski definition) is 5. The predicted octanol–water partition coefficient (Wildman–Crippen LogP) is 4.84. The number of nitrogens with zero attached hydrogens (tertiary/aromatic N) is 2. The van der Waals surface area contributed by atoms with Gasteiger partial charge < -0.3 is 10.1 Å². The summed E-state index contributed by atoms with van der Waals surface area (Å²) in [6.45, 7) is 5.60. The third-order valence-corrected chi connectivity index (χ3v) is 5.42. The molecule has 2 aromatic carbocycles. The van der Waals surface area contributed by atoms with Crippen LogP contribution in [-0.4, -0.2) is 28.3 Å². The molecule has 0 bridgehead atoms. The molecule has 6 nitrogen and oxygen atoms in total. The van der Waals surface area contributed by atoms with Crippen LogP contribution in [0.1, 0.15) is 6.92 Å². The SMILES string of the molecule is C=CC(=CC=C(C)OC)n1c(SCC(=O)Nc2ccc(F)cc2)nc2ccccc2c1=O. The molecular formula is C24H22FN3O3S. The molecular weight excluding hydrogens is 429 g/mol. The molecule has 0 saturated heterocycles. The van der Waals surface area contributed by atoms with Gasteiger partial charge in [-0.3, -0.25) is 14.2 Å². The fourth-order valence-electron chi connectivity index (χ4n) is 2.80. The Morgan fingerprint density at radius 1 is 1.22 bits per heavy atom. The van der Waals surface area contributed by atoms with Crippen molar-refractivity contribution in [2.45, 2.75) is 12.1 Å². The third kappa shape index (κ3) is 5.53. The maximum Gasteiger partial charge on any atom is 0.266 e. The summed E-state index contributed by atoms with van der Waals surface area (Å²) in [6.07, 6.45) is 4.96. The molecule has 32 heavy (non-hydrogen) atoms. The van der Waals surface area contributed by atoms with Crippen molar-refractivity contribution in [2.24, 2.45) is 0 Å². The number of hydrogen-bond donors (Lipinski definition) is 1. The van der Waals surface area contributed by atoms with Crippen LogP contribution in [0, 0.1) is 5.82 Å². The minimum Gasteiger partial charge on any atom is -0.501 e. The van der Waals surface area contributed by atoms with E-state index in [2.05, 4.69) is 16.9 Å². The highest BCUT2D eigenvalue weighted by atomic mass is 32.2. The fraction of sp³-hybridized carbons (Fsp3) is 0.125. The Bertz CT molecular complexity index is 1260. The number of ether oxygens (including phenoxy) is 1. The second-order valence-corrected chi connectivity index (χ2v) is 7.62. The van der Waals surface area contributed by atoms with E-state index in [4.69, 9.17) is 4.74 Å². The van der Waals surface area contributed by atoms with Crippen LogP contribution >= 0.6 is 11.8 Å². The lowest BCUT2D eigenvalue weighted by Gasteiger charge is -2.14. The molecule has 0 aliphatic rings. The fourth-order valence-corrected chi connectivity index (χ4v) is 3.61. The molecule has 0 fully saturated rings. The number of carbonyl (C=O) groups excluding carboxylic acids is 1. The highest BCUT2D eigenvalue weighted by Gasteiger charge is 2.15. The number of thioether (sulfide) groups is 1. The zero-order chi connectivity index (χ0) is 23.1. The molecule has 0 atom stereocenters. The maximum absolute atomic E-state index is 13.3. The molecule has 1 amide bonds. The normalized spacial score (nSPS) is 12.0. The molecule has 0 saturated carbocycles. The Balaban J connectivity index is 1.96. The minimum atomic E-state index is -0.386. The Kier molecular flexibility index (Phi) is 7.62. The van der Waals surface area contributed by atoms with E-state index in [0.29, 0.717) is 33.2 Å². The number of allylic oxidation sites excluding steroid dienone is 5. The van der Waals surface area contributed by atoms with E-state index in [9.17, 15) is 14.0 Å². The van der Waals surface area contributed by atoms with Crippen LogP contribution in [0.4, 0.5) is 10.1 Å². The van der Waals surface area contributed by atoms with Crippen LogP contribution in [0.5, 0.6) is 0 Å². The number of rotatable bonds is 8. The van der Waals surface area contributed by atoms with Gasteiger partial charge in [-0.15, -0.1) is 0 Å². The standard InChI is InChI=1S/C24H22FN3O3S/c1-4-19(14-9-16(2)31-3)28-23(30)20-7-5-6-8-21(20)27-24(28)32-15-22(29)26-18-12-10-17(25)11-13-18/h4-14H,1,15H2,2-3H3,(H,26,29). The number of para-hydroxylation sites is 1. The van der Waals surface area contributed by atoms with E-state index in [1.165, 1.54) is 28.8 Å². The molecule has 1 heterocycles. The number of amides is 1. The van der Waals surface area contributed by atoms with Crippen molar-refractivity contribution < 1.29 is 13.9 Å². The molecule has 8 heteroatoms. The molecule has 0 spiro atoms. The van der Waals surface area contributed by atoms with Gasteiger partial charge >= 0.3 is 0 Å². The first kappa shape index (κ1) is 23.0. The molecule has 0 aliphatic heterocycles. The number of halogens is 1. The Morgan fingerprint density at radius 2 is 1.94 bits per heavy atom. The van der Waals surface area contributed by atoms with Crippen LogP contribution < -0.4 is 10.9 Å². The van der Waals surface area contributed by atoms with Crippen LogP contribution in [0.3, 0.4) is 0 Å². The van der Waals surface area contributed by atoms with Crippen LogP contribution in [0.25, 0.3) is 16.6 Å². The summed E-state index contributed by atoms with van der Waals surface area (Å²) in [6, 6.07) is 12.5. The van der Waals surface area contributed by atoms with Crippen molar-refractivity contribution in [2.75, 3.05) is 18.2 Å². The topological polar surface area (TPSA) is 73.2 Å². The number of benzene rings is 2. The summed E-state index contributed by atoms with van der Waals surface area (Å²) in [5.74, 6) is -0.0448. The Hall–Kier alpha value is -3.65. The smallest absolute Gasteiger partial charge is 0.266 e. The zero-order valence-electron chi connectivity index (χ0n) is 17.7. The third-order valence-electron chi connectivity index (χ3n) is 4.48. The lowest BCUT2D eigenvalue weighted by atomic mass is 10.2. The van der Waals surface area contributed by atoms with Crippen LogP contribution in [-0.2, 0) is 9.53 Å². The van der Waals surface area contributed by atoms with Gasteiger partial charge in [0.05, 0.1) is 35.2 Å². The molecule has 0 radical (unpaired) electrons. The first-order valence-electron chi connectivity index (χ1n) is 9.68. The van der Waals surface area contributed by atoms with E-state index in [1.54, 1.807) is 56.5 Å². The molecule has 164 valence electrons. The van der Waals surface area contributed by atoms with Gasteiger partial charge in [-0.05, 0) is 61.5 Å². The molecule has 1 N–H and O–H groups in total.